The lowest BCUT2D eigenvalue weighted by molar-refractivity contribution is -0.132. The predicted molar refractivity (Wildman–Crippen MR) is 88.4 cm³/mol. The third-order valence-corrected chi connectivity index (χ3v) is 4.38. The lowest BCUT2D eigenvalue weighted by Crippen LogP contribution is -2.38. The van der Waals surface area contributed by atoms with E-state index in [2.05, 4.69) is 28.6 Å². The quantitative estimate of drug-likeness (QED) is 0.324. The van der Waals surface area contributed by atoms with Gasteiger partial charge in [-0.3, -0.25) is 4.90 Å². The molecule has 0 aromatic carbocycles. The van der Waals surface area contributed by atoms with Crippen LogP contribution in [0.4, 0.5) is 0 Å². The standard InChI is InChI=1S/C17H26N2O4/c1-13-8-15(11-19-4-6-22-7-5-19)16(9-14(13)2)12-23-18-10-17(20)21-3/h10H,4-9,11-12H2,1-3H3. The summed E-state index contributed by atoms with van der Waals surface area (Å²) in [6.07, 6.45) is 2.96. The number of carbonyl (C=O) groups excluding carboxylic acids is 1. The predicted octanol–water partition coefficient (Wildman–Crippen LogP) is 1.92. The zero-order chi connectivity index (χ0) is 16.7. The van der Waals surface area contributed by atoms with E-state index in [1.165, 1.54) is 29.4 Å². The van der Waals surface area contributed by atoms with Gasteiger partial charge in [-0.1, -0.05) is 16.3 Å². The summed E-state index contributed by atoms with van der Waals surface area (Å²) in [6, 6.07) is 0. The first-order chi connectivity index (χ1) is 11.1. The van der Waals surface area contributed by atoms with Gasteiger partial charge in [-0.25, -0.2) is 4.79 Å². The molecule has 1 fully saturated rings. The Labute approximate surface area is 137 Å². The lowest BCUT2D eigenvalue weighted by atomic mass is 9.87. The highest BCUT2D eigenvalue weighted by molar-refractivity contribution is 6.22. The van der Waals surface area contributed by atoms with E-state index in [4.69, 9.17) is 9.57 Å². The molecule has 0 radical (unpaired) electrons. The third kappa shape index (κ3) is 5.48. The number of methoxy groups -OCH3 is 1. The Morgan fingerprint density at radius 3 is 2.52 bits per heavy atom. The molecule has 0 N–H and O–H groups in total. The van der Waals surface area contributed by atoms with Crippen LogP contribution in [-0.2, 0) is 19.1 Å². The summed E-state index contributed by atoms with van der Waals surface area (Å²) >= 11 is 0. The van der Waals surface area contributed by atoms with Gasteiger partial charge < -0.3 is 14.3 Å². The van der Waals surface area contributed by atoms with Crippen LogP contribution >= 0.6 is 0 Å². The number of carbonyl (C=O) groups is 1. The first-order valence-electron chi connectivity index (χ1n) is 7.98. The molecule has 6 nitrogen and oxygen atoms in total. The minimum atomic E-state index is -0.511. The monoisotopic (exact) mass is 322 g/mol. The molecule has 1 aliphatic carbocycles. The molecule has 1 saturated heterocycles. The van der Waals surface area contributed by atoms with E-state index in [9.17, 15) is 4.79 Å². The van der Waals surface area contributed by atoms with Gasteiger partial charge in [-0.15, -0.1) is 0 Å². The fourth-order valence-electron chi connectivity index (χ4n) is 2.79. The van der Waals surface area contributed by atoms with E-state index in [-0.39, 0.29) is 0 Å². The van der Waals surface area contributed by atoms with Crippen molar-refractivity contribution in [1.82, 2.24) is 4.90 Å². The Hall–Kier alpha value is -1.66. The van der Waals surface area contributed by atoms with Gasteiger partial charge in [0.2, 0.25) is 0 Å². The van der Waals surface area contributed by atoms with Crippen LogP contribution in [0.2, 0.25) is 0 Å². The van der Waals surface area contributed by atoms with Crippen LogP contribution in [0.5, 0.6) is 0 Å². The highest BCUT2D eigenvalue weighted by atomic mass is 16.6. The maximum Gasteiger partial charge on any atom is 0.352 e. The molecule has 2 aliphatic rings. The van der Waals surface area contributed by atoms with E-state index in [0.29, 0.717) is 6.61 Å². The number of rotatable bonds is 6. The fourth-order valence-corrected chi connectivity index (χ4v) is 2.79. The van der Waals surface area contributed by atoms with Crippen LogP contribution < -0.4 is 0 Å². The van der Waals surface area contributed by atoms with E-state index < -0.39 is 5.97 Å². The molecule has 23 heavy (non-hydrogen) atoms. The van der Waals surface area contributed by atoms with Gasteiger partial charge in [0.1, 0.15) is 6.61 Å². The van der Waals surface area contributed by atoms with Crippen molar-refractivity contribution in [2.45, 2.75) is 26.7 Å². The lowest BCUT2D eigenvalue weighted by Gasteiger charge is -2.30. The maximum absolute atomic E-state index is 11.0. The summed E-state index contributed by atoms with van der Waals surface area (Å²) in [4.78, 5) is 18.7. The maximum atomic E-state index is 11.0. The van der Waals surface area contributed by atoms with Crippen LogP contribution in [0.25, 0.3) is 0 Å². The second-order valence-corrected chi connectivity index (χ2v) is 6.04. The number of allylic oxidation sites excluding steroid dienone is 2. The summed E-state index contributed by atoms with van der Waals surface area (Å²) in [7, 11) is 1.31. The number of ether oxygens (including phenoxy) is 2. The molecule has 0 amide bonds. The molecule has 1 heterocycles. The smallest absolute Gasteiger partial charge is 0.352 e. The van der Waals surface area contributed by atoms with Crippen molar-refractivity contribution in [2.24, 2.45) is 5.16 Å². The van der Waals surface area contributed by atoms with Crippen molar-refractivity contribution >= 4 is 12.2 Å². The molecule has 0 atom stereocenters. The topological polar surface area (TPSA) is 60.4 Å². The SMILES string of the molecule is COC(=O)C=NOCC1=C(CN2CCOCC2)CC(C)=C(C)C1. The van der Waals surface area contributed by atoms with Crippen LogP contribution in [-0.4, -0.2) is 63.6 Å². The Morgan fingerprint density at radius 1 is 1.22 bits per heavy atom. The molecule has 0 unspecified atom stereocenters. The molecule has 128 valence electrons. The number of oxime groups is 1. The summed E-state index contributed by atoms with van der Waals surface area (Å²) in [6.45, 7) is 9.28. The van der Waals surface area contributed by atoms with E-state index in [1.807, 2.05) is 0 Å². The van der Waals surface area contributed by atoms with E-state index in [1.54, 1.807) is 0 Å². The van der Waals surface area contributed by atoms with Gasteiger partial charge in [0.25, 0.3) is 0 Å². The van der Waals surface area contributed by atoms with E-state index in [0.717, 1.165) is 51.9 Å². The van der Waals surface area contributed by atoms with Crippen molar-refractivity contribution in [3.8, 4) is 0 Å². The summed E-state index contributed by atoms with van der Waals surface area (Å²) < 4.78 is 9.90. The second kappa shape index (κ2) is 8.84. The fraction of sp³-hybridized carbons (Fsp3) is 0.647. The minimum Gasteiger partial charge on any atom is -0.465 e. The van der Waals surface area contributed by atoms with Crippen molar-refractivity contribution in [3.05, 3.63) is 22.3 Å². The minimum absolute atomic E-state index is 0.414. The van der Waals surface area contributed by atoms with Crippen LogP contribution in [0, 0.1) is 0 Å². The highest BCUT2D eigenvalue weighted by Gasteiger charge is 2.20. The van der Waals surface area contributed by atoms with Crippen molar-refractivity contribution in [2.75, 3.05) is 46.6 Å². The molecule has 0 saturated carbocycles. The molecule has 0 aromatic heterocycles. The molecule has 1 aliphatic heterocycles. The normalized spacial score (nSPS) is 20.3. The van der Waals surface area contributed by atoms with Crippen LogP contribution in [0.15, 0.2) is 27.4 Å². The van der Waals surface area contributed by atoms with E-state index >= 15 is 0 Å². The summed E-state index contributed by atoms with van der Waals surface area (Å²) in [5.74, 6) is -0.511. The summed E-state index contributed by atoms with van der Waals surface area (Å²) in [5.41, 5.74) is 5.51. The average Bonchev–Trinajstić information content (AvgIpc) is 2.56. The van der Waals surface area contributed by atoms with Gasteiger partial charge >= 0.3 is 5.97 Å². The Balaban J connectivity index is 1.98. The number of hydrogen-bond acceptors (Lipinski definition) is 6. The van der Waals surface area contributed by atoms with Crippen LogP contribution in [0.3, 0.4) is 0 Å². The largest absolute Gasteiger partial charge is 0.465 e. The zero-order valence-electron chi connectivity index (χ0n) is 14.3. The second-order valence-electron chi connectivity index (χ2n) is 6.04. The molecule has 0 aromatic rings. The number of morpholine rings is 1. The van der Waals surface area contributed by atoms with Gasteiger partial charge in [-0.2, -0.15) is 0 Å². The van der Waals surface area contributed by atoms with Gasteiger partial charge in [0.05, 0.1) is 20.3 Å². The molecule has 6 heteroatoms. The van der Waals surface area contributed by atoms with Crippen molar-refractivity contribution < 1.29 is 19.1 Å². The van der Waals surface area contributed by atoms with Crippen molar-refractivity contribution in [1.29, 1.82) is 0 Å². The molecule has 2 rings (SSSR count). The first kappa shape index (κ1) is 17.7. The number of hydrogen-bond donors (Lipinski definition) is 0. The molecule has 0 spiro atoms. The molecular weight excluding hydrogens is 296 g/mol. The number of nitrogens with zero attached hydrogens (tertiary/aromatic N) is 2. The summed E-state index contributed by atoms with van der Waals surface area (Å²) in [5, 5.41) is 3.68. The number of esters is 1. The van der Waals surface area contributed by atoms with Gasteiger partial charge in [0, 0.05) is 19.6 Å². The first-order valence-corrected chi connectivity index (χ1v) is 7.98. The molecule has 0 bridgehead atoms. The van der Waals surface area contributed by atoms with Gasteiger partial charge in [0.15, 0.2) is 6.21 Å². The highest BCUT2D eigenvalue weighted by Crippen LogP contribution is 2.30. The molecular formula is C17H26N2O4. The Bertz CT molecular complexity index is 517. The Kier molecular flexibility index (Phi) is 6.80. The van der Waals surface area contributed by atoms with Gasteiger partial charge in [-0.05, 0) is 37.8 Å². The Morgan fingerprint density at radius 2 is 1.87 bits per heavy atom. The van der Waals surface area contributed by atoms with Crippen molar-refractivity contribution in [3.63, 3.8) is 0 Å². The zero-order valence-corrected chi connectivity index (χ0v) is 14.3. The van der Waals surface area contributed by atoms with Crippen LogP contribution in [0.1, 0.15) is 26.7 Å². The third-order valence-electron chi connectivity index (χ3n) is 4.38. The average molecular weight is 322 g/mol.